The zero-order valence-corrected chi connectivity index (χ0v) is 14.5. The summed E-state index contributed by atoms with van der Waals surface area (Å²) in [4.78, 5) is 21.5. The van der Waals surface area contributed by atoms with Crippen LogP contribution < -0.4 is 9.47 Å². The molecule has 0 unspecified atom stereocenters. The number of fused-ring (bicyclic) bond motifs is 2. The number of carbonyl (C=O) groups excluding carboxylic acids is 1. The van der Waals surface area contributed by atoms with Gasteiger partial charge >= 0.3 is 5.97 Å². The Morgan fingerprint density at radius 1 is 1.00 bits per heavy atom. The molecule has 1 aliphatic heterocycles. The summed E-state index contributed by atoms with van der Waals surface area (Å²) >= 11 is 0. The van der Waals surface area contributed by atoms with Gasteiger partial charge in [-0.1, -0.05) is 24.3 Å². The highest BCUT2D eigenvalue weighted by Gasteiger charge is 2.35. The summed E-state index contributed by atoms with van der Waals surface area (Å²) in [6, 6.07) is 14.8. The Labute approximate surface area is 150 Å². The van der Waals surface area contributed by atoms with E-state index in [0.29, 0.717) is 17.2 Å². The summed E-state index contributed by atoms with van der Waals surface area (Å²) in [5.41, 5.74) is 2.94. The lowest BCUT2D eigenvalue weighted by atomic mass is 10.2. The molecule has 0 bridgehead atoms. The van der Waals surface area contributed by atoms with Crippen molar-refractivity contribution in [1.29, 1.82) is 0 Å². The van der Waals surface area contributed by atoms with Crippen LogP contribution in [-0.4, -0.2) is 28.1 Å². The Kier molecular flexibility index (Phi) is 4.16. The fourth-order valence-corrected chi connectivity index (χ4v) is 2.86. The number of hydrogen-bond acceptors (Lipinski definition) is 6. The van der Waals surface area contributed by atoms with E-state index < -0.39 is 18.2 Å². The van der Waals surface area contributed by atoms with E-state index in [-0.39, 0.29) is 6.61 Å². The minimum Gasteiger partial charge on any atom is -0.482 e. The van der Waals surface area contributed by atoms with Crippen LogP contribution in [0.15, 0.2) is 48.5 Å². The minimum absolute atomic E-state index is 0.0384. The number of ether oxygens (including phenoxy) is 3. The molecule has 0 saturated carbocycles. The van der Waals surface area contributed by atoms with Gasteiger partial charge in [-0.2, -0.15) is 0 Å². The quantitative estimate of drug-likeness (QED) is 0.676. The normalized spacial score (nSPS) is 18.5. The highest BCUT2D eigenvalue weighted by Crippen LogP contribution is 2.33. The lowest BCUT2D eigenvalue weighted by molar-refractivity contribution is -0.159. The molecule has 2 heterocycles. The van der Waals surface area contributed by atoms with Crippen LogP contribution in [-0.2, 0) is 16.1 Å². The number of aromatic nitrogens is 2. The zero-order valence-electron chi connectivity index (χ0n) is 14.5. The van der Waals surface area contributed by atoms with Gasteiger partial charge in [0.1, 0.15) is 12.7 Å². The molecular weight excluding hydrogens is 332 g/mol. The molecule has 0 saturated heterocycles. The van der Waals surface area contributed by atoms with Crippen LogP contribution in [0.5, 0.6) is 11.5 Å². The molecule has 0 spiro atoms. The van der Waals surface area contributed by atoms with Crippen LogP contribution in [0.3, 0.4) is 0 Å². The van der Waals surface area contributed by atoms with Gasteiger partial charge in [-0.25, -0.2) is 14.8 Å². The predicted octanol–water partition coefficient (Wildman–Crippen LogP) is 3.21. The van der Waals surface area contributed by atoms with Gasteiger partial charge in [-0.3, -0.25) is 0 Å². The number of para-hydroxylation sites is 4. The van der Waals surface area contributed by atoms with Crippen molar-refractivity contribution in [1.82, 2.24) is 9.97 Å². The second-order valence-corrected chi connectivity index (χ2v) is 6.16. The highest BCUT2D eigenvalue weighted by atomic mass is 16.6. The van der Waals surface area contributed by atoms with E-state index >= 15 is 0 Å². The lowest BCUT2D eigenvalue weighted by Crippen LogP contribution is -2.44. The molecule has 3 aromatic rings. The molecule has 1 aliphatic rings. The first-order chi connectivity index (χ1) is 12.6. The van der Waals surface area contributed by atoms with Gasteiger partial charge < -0.3 is 14.2 Å². The molecule has 1 aromatic heterocycles. The van der Waals surface area contributed by atoms with Gasteiger partial charge in [-0.05, 0) is 38.1 Å². The summed E-state index contributed by atoms with van der Waals surface area (Å²) in [7, 11) is 0. The van der Waals surface area contributed by atoms with Gasteiger partial charge in [0.2, 0.25) is 6.10 Å². The Hall–Kier alpha value is -3.15. The van der Waals surface area contributed by atoms with Crippen molar-refractivity contribution in [2.75, 3.05) is 0 Å². The predicted molar refractivity (Wildman–Crippen MR) is 95.0 cm³/mol. The molecule has 0 N–H and O–H groups in total. The first-order valence-electron chi connectivity index (χ1n) is 8.43. The van der Waals surface area contributed by atoms with Gasteiger partial charge in [-0.15, -0.1) is 0 Å². The molecule has 0 amide bonds. The van der Waals surface area contributed by atoms with Crippen molar-refractivity contribution in [3.05, 3.63) is 59.9 Å². The molecule has 4 rings (SSSR count). The Morgan fingerprint density at radius 2 is 1.62 bits per heavy atom. The molecule has 2 aromatic carbocycles. The number of nitrogens with zero attached hydrogens (tertiary/aromatic N) is 2. The molecule has 0 fully saturated rings. The smallest absolute Gasteiger partial charge is 0.351 e. The number of hydrogen-bond donors (Lipinski definition) is 0. The Morgan fingerprint density at radius 3 is 2.35 bits per heavy atom. The Balaban J connectivity index is 1.48. The molecule has 6 heteroatoms. The van der Waals surface area contributed by atoms with E-state index in [9.17, 15) is 4.79 Å². The number of aryl methyl sites for hydroxylation is 1. The van der Waals surface area contributed by atoms with Crippen LogP contribution in [0.1, 0.15) is 18.3 Å². The van der Waals surface area contributed by atoms with Crippen LogP contribution in [0.2, 0.25) is 0 Å². The molecule has 0 radical (unpaired) electrons. The van der Waals surface area contributed by atoms with Crippen molar-refractivity contribution in [3.63, 3.8) is 0 Å². The first kappa shape index (κ1) is 16.3. The molecule has 26 heavy (non-hydrogen) atoms. The maximum atomic E-state index is 12.5. The minimum atomic E-state index is -0.821. The van der Waals surface area contributed by atoms with Crippen molar-refractivity contribution in [2.45, 2.75) is 32.7 Å². The van der Waals surface area contributed by atoms with Gasteiger partial charge in [0.15, 0.2) is 11.5 Å². The van der Waals surface area contributed by atoms with Crippen LogP contribution in [0, 0.1) is 6.92 Å². The van der Waals surface area contributed by atoms with Crippen molar-refractivity contribution in [2.24, 2.45) is 0 Å². The SMILES string of the molecule is Cc1nc2ccccc2nc1COC(=O)[C@@H]1Oc2ccccc2O[C@@H]1C. The topological polar surface area (TPSA) is 70.5 Å². The van der Waals surface area contributed by atoms with E-state index in [2.05, 4.69) is 9.97 Å². The zero-order chi connectivity index (χ0) is 18.1. The second-order valence-electron chi connectivity index (χ2n) is 6.16. The summed E-state index contributed by atoms with van der Waals surface area (Å²) in [6.45, 7) is 3.67. The monoisotopic (exact) mass is 350 g/mol. The van der Waals surface area contributed by atoms with Gasteiger partial charge in [0.05, 0.1) is 22.4 Å². The highest BCUT2D eigenvalue weighted by molar-refractivity contribution is 5.77. The largest absolute Gasteiger partial charge is 0.482 e. The maximum Gasteiger partial charge on any atom is 0.351 e. The van der Waals surface area contributed by atoms with Crippen molar-refractivity contribution >= 4 is 17.0 Å². The van der Waals surface area contributed by atoms with Crippen LogP contribution in [0.25, 0.3) is 11.0 Å². The third kappa shape index (κ3) is 3.06. The maximum absolute atomic E-state index is 12.5. The summed E-state index contributed by atoms with van der Waals surface area (Å²) in [5.74, 6) is 0.677. The number of carbonyl (C=O) groups is 1. The standard InChI is InChI=1S/C20H18N2O4/c1-12-16(22-15-8-4-3-7-14(15)21-12)11-24-20(23)19-13(2)25-17-9-5-6-10-18(17)26-19/h3-10,13,19H,11H2,1-2H3/t13-,19-/m1/s1. The van der Waals surface area contributed by atoms with E-state index in [1.807, 2.05) is 43.3 Å². The fourth-order valence-electron chi connectivity index (χ4n) is 2.86. The van der Waals surface area contributed by atoms with E-state index in [4.69, 9.17) is 14.2 Å². The van der Waals surface area contributed by atoms with E-state index in [1.54, 1.807) is 19.1 Å². The molecule has 132 valence electrons. The second kappa shape index (κ2) is 6.63. The van der Waals surface area contributed by atoms with Crippen molar-refractivity contribution in [3.8, 4) is 11.5 Å². The molecule has 2 atom stereocenters. The summed E-state index contributed by atoms with van der Waals surface area (Å²) < 4.78 is 16.9. The van der Waals surface area contributed by atoms with Crippen LogP contribution >= 0.6 is 0 Å². The summed E-state index contributed by atoms with van der Waals surface area (Å²) in [6.07, 6.45) is -1.26. The third-order valence-electron chi connectivity index (χ3n) is 4.27. The van der Waals surface area contributed by atoms with Gasteiger partial charge in [0, 0.05) is 0 Å². The van der Waals surface area contributed by atoms with E-state index in [1.165, 1.54) is 0 Å². The Bertz CT molecular complexity index is 973. The molecule has 6 nitrogen and oxygen atoms in total. The van der Waals surface area contributed by atoms with Crippen molar-refractivity contribution < 1.29 is 19.0 Å². The average Bonchev–Trinajstić information content (AvgIpc) is 2.65. The lowest BCUT2D eigenvalue weighted by Gasteiger charge is -2.30. The fraction of sp³-hybridized carbons (Fsp3) is 0.250. The number of rotatable bonds is 3. The average molecular weight is 350 g/mol. The van der Waals surface area contributed by atoms with Gasteiger partial charge in [0.25, 0.3) is 0 Å². The molecular formula is C20H18N2O4. The van der Waals surface area contributed by atoms with E-state index in [0.717, 1.165) is 16.7 Å². The summed E-state index contributed by atoms with van der Waals surface area (Å²) in [5, 5.41) is 0. The third-order valence-corrected chi connectivity index (χ3v) is 4.27. The first-order valence-corrected chi connectivity index (χ1v) is 8.43. The molecule has 0 aliphatic carbocycles. The van der Waals surface area contributed by atoms with Crippen LogP contribution in [0.4, 0.5) is 0 Å². The number of benzene rings is 2. The number of esters is 1.